The van der Waals surface area contributed by atoms with E-state index in [4.69, 9.17) is 4.74 Å². The van der Waals surface area contributed by atoms with Gasteiger partial charge in [0.2, 0.25) is 0 Å². The third-order valence-corrected chi connectivity index (χ3v) is 2.44. The van der Waals surface area contributed by atoms with Crippen LogP contribution in [0.2, 0.25) is 0 Å². The second kappa shape index (κ2) is 8.30. The molecule has 0 amide bonds. The molecule has 0 aliphatic heterocycles. The molecule has 16 heavy (non-hydrogen) atoms. The van der Waals surface area contributed by atoms with E-state index in [0.717, 1.165) is 51.5 Å². The molecule has 0 spiro atoms. The highest BCUT2D eigenvalue weighted by atomic mass is 16.5. The summed E-state index contributed by atoms with van der Waals surface area (Å²) in [6.45, 7) is 8.91. The van der Waals surface area contributed by atoms with Crippen LogP contribution < -0.4 is 5.32 Å². The average Bonchev–Trinajstić information content (AvgIpc) is 2.68. The largest absolute Gasteiger partial charge is 0.381 e. The van der Waals surface area contributed by atoms with Crippen LogP contribution in [-0.4, -0.2) is 35.9 Å². The molecule has 0 aromatic carbocycles. The van der Waals surface area contributed by atoms with E-state index in [1.807, 2.05) is 19.3 Å². The Hall–Kier alpha value is -0.870. The molecule has 4 heteroatoms. The Balaban J connectivity index is 1.91. The van der Waals surface area contributed by atoms with E-state index < -0.39 is 0 Å². The van der Waals surface area contributed by atoms with Gasteiger partial charge in [-0.05, 0) is 26.3 Å². The monoisotopic (exact) mass is 225 g/mol. The van der Waals surface area contributed by atoms with Crippen LogP contribution in [-0.2, 0) is 11.3 Å². The van der Waals surface area contributed by atoms with Gasteiger partial charge < -0.3 is 14.6 Å². The third kappa shape index (κ3) is 5.28. The minimum atomic E-state index is 0.866. The Labute approximate surface area is 98.0 Å². The van der Waals surface area contributed by atoms with E-state index in [1.54, 1.807) is 0 Å². The summed E-state index contributed by atoms with van der Waals surface area (Å²) in [6.07, 6.45) is 6.05. The first-order valence-electron chi connectivity index (χ1n) is 6.10. The lowest BCUT2D eigenvalue weighted by Gasteiger charge is -2.07. The van der Waals surface area contributed by atoms with Gasteiger partial charge in [0.25, 0.3) is 0 Å². The van der Waals surface area contributed by atoms with Gasteiger partial charge in [0.15, 0.2) is 0 Å². The van der Waals surface area contributed by atoms with E-state index >= 15 is 0 Å². The molecule has 0 bridgehead atoms. The molecule has 0 fully saturated rings. The quantitative estimate of drug-likeness (QED) is 0.649. The lowest BCUT2D eigenvalue weighted by Crippen LogP contribution is -2.22. The van der Waals surface area contributed by atoms with E-state index in [0.29, 0.717) is 0 Å². The highest BCUT2D eigenvalue weighted by molar-refractivity contribution is 4.88. The first-order valence-corrected chi connectivity index (χ1v) is 6.10. The van der Waals surface area contributed by atoms with Crippen molar-refractivity contribution in [1.82, 2.24) is 14.9 Å². The van der Waals surface area contributed by atoms with Crippen molar-refractivity contribution < 1.29 is 4.74 Å². The Morgan fingerprint density at radius 3 is 2.94 bits per heavy atom. The van der Waals surface area contributed by atoms with Crippen LogP contribution in [0.25, 0.3) is 0 Å². The van der Waals surface area contributed by atoms with E-state index in [1.165, 1.54) is 0 Å². The Morgan fingerprint density at radius 1 is 1.38 bits per heavy atom. The number of hydrogen-bond acceptors (Lipinski definition) is 3. The lowest BCUT2D eigenvalue weighted by molar-refractivity contribution is 0.132. The maximum absolute atomic E-state index is 5.40. The Kier molecular flexibility index (Phi) is 6.85. The van der Waals surface area contributed by atoms with Crippen LogP contribution in [0, 0.1) is 6.92 Å². The molecule has 0 unspecified atom stereocenters. The zero-order valence-corrected chi connectivity index (χ0v) is 10.4. The van der Waals surface area contributed by atoms with Crippen LogP contribution >= 0.6 is 0 Å². The standard InChI is InChI=1S/C12H23N3O/c1-3-10-16-11-4-5-13-6-8-15-9-7-14-12(15)2/h7,9,13H,3-6,8,10-11H2,1-2H3. The molecule has 1 rings (SSSR count). The van der Waals surface area contributed by atoms with Crippen LogP contribution in [0.15, 0.2) is 12.4 Å². The minimum absolute atomic E-state index is 0.866. The summed E-state index contributed by atoms with van der Waals surface area (Å²) < 4.78 is 7.55. The number of aryl methyl sites for hydroxylation is 1. The molecule has 0 atom stereocenters. The SMILES string of the molecule is CCCOCCCNCCn1ccnc1C. The topological polar surface area (TPSA) is 39.1 Å². The molecular weight excluding hydrogens is 202 g/mol. The van der Waals surface area contributed by atoms with Crippen molar-refractivity contribution in [3.05, 3.63) is 18.2 Å². The third-order valence-electron chi connectivity index (χ3n) is 2.44. The predicted molar refractivity (Wildman–Crippen MR) is 65.6 cm³/mol. The van der Waals surface area contributed by atoms with Crippen molar-refractivity contribution >= 4 is 0 Å². The Bertz CT molecular complexity index is 273. The molecule has 0 aliphatic carbocycles. The second-order valence-corrected chi connectivity index (χ2v) is 3.88. The zero-order valence-electron chi connectivity index (χ0n) is 10.4. The highest BCUT2D eigenvalue weighted by Crippen LogP contribution is 1.93. The molecule has 4 nitrogen and oxygen atoms in total. The molecule has 0 saturated carbocycles. The first kappa shape index (κ1) is 13.2. The number of imidazole rings is 1. The van der Waals surface area contributed by atoms with Crippen LogP contribution in [0.5, 0.6) is 0 Å². The maximum Gasteiger partial charge on any atom is 0.105 e. The molecule has 1 aromatic heterocycles. The average molecular weight is 225 g/mol. The number of ether oxygens (including phenoxy) is 1. The smallest absolute Gasteiger partial charge is 0.105 e. The number of nitrogens with zero attached hydrogens (tertiary/aromatic N) is 2. The zero-order chi connectivity index (χ0) is 11.6. The fraction of sp³-hybridized carbons (Fsp3) is 0.750. The van der Waals surface area contributed by atoms with Gasteiger partial charge in [0.05, 0.1) is 0 Å². The normalized spacial score (nSPS) is 10.9. The van der Waals surface area contributed by atoms with Gasteiger partial charge in [0.1, 0.15) is 5.82 Å². The molecule has 1 N–H and O–H groups in total. The molecule has 0 radical (unpaired) electrons. The van der Waals surface area contributed by atoms with Crippen molar-refractivity contribution in [2.75, 3.05) is 26.3 Å². The van der Waals surface area contributed by atoms with Crippen molar-refractivity contribution in [3.63, 3.8) is 0 Å². The molecule has 1 aromatic rings. The molecule has 0 aliphatic rings. The molecule has 0 saturated heterocycles. The van der Waals surface area contributed by atoms with Gasteiger partial charge in [-0.25, -0.2) is 4.98 Å². The number of nitrogens with one attached hydrogen (secondary N) is 1. The summed E-state index contributed by atoms with van der Waals surface area (Å²) >= 11 is 0. The summed E-state index contributed by atoms with van der Waals surface area (Å²) in [7, 11) is 0. The fourth-order valence-corrected chi connectivity index (χ4v) is 1.51. The van der Waals surface area contributed by atoms with Crippen molar-refractivity contribution in [2.24, 2.45) is 0 Å². The van der Waals surface area contributed by atoms with Crippen LogP contribution in [0.1, 0.15) is 25.6 Å². The summed E-state index contributed by atoms with van der Waals surface area (Å²) in [6, 6.07) is 0. The number of rotatable bonds is 9. The van der Waals surface area contributed by atoms with Gasteiger partial charge in [-0.3, -0.25) is 0 Å². The highest BCUT2D eigenvalue weighted by Gasteiger charge is 1.95. The number of hydrogen-bond donors (Lipinski definition) is 1. The van der Waals surface area contributed by atoms with E-state index in [2.05, 4.69) is 21.8 Å². The fourth-order valence-electron chi connectivity index (χ4n) is 1.51. The molecular formula is C12H23N3O. The lowest BCUT2D eigenvalue weighted by atomic mass is 10.4. The summed E-state index contributed by atoms with van der Waals surface area (Å²) in [5, 5.41) is 3.40. The first-order chi connectivity index (χ1) is 7.84. The minimum Gasteiger partial charge on any atom is -0.381 e. The van der Waals surface area contributed by atoms with Crippen LogP contribution in [0.3, 0.4) is 0 Å². The summed E-state index contributed by atoms with van der Waals surface area (Å²) in [4.78, 5) is 4.18. The van der Waals surface area contributed by atoms with Gasteiger partial charge in [-0.1, -0.05) is 6.92 Å². The summed E-state index contributed by atoms with van der Waals surface area (Å²) in [5.41, 5.74) is 0. The van der Waals surface area contributed by atoms with E-state index in [-0.39, 0.29) is 0 Å². The number of aromatic nitrogens is 2. The summed E-state index contributed by atoms with van der Waals surface area (Å²) in [5.74, 6) is 1.08. The molecule has 92 valence electrons. The van der Waals surface area contributed by atoms with Crippen molar-refractivity contribution in [2.45, 2.75) is 33.2 Å². The van der Waals surface area contributed by atoms with Gasteiger partial charge in [-0.15, -0.1) is 0 Å². The van der Waals surface area contributed by atoms with Crippen molar-refractivity contribution in [1.29, 1.82) is 0 Å². The van der Waals surface area contributed by atoms with E-state index in [9.17, 15) is 0 Å². The van der Waals surface area contributed by atoms with Crippen molar-refractivity contribution in [3.8, 4) is 0 Å². The Morgan fingerprint density at radius 2 is 2.25 bits per heavy atom. The predicted octanol–water partition coefficient (Wildman–Crippen LogP) is 1.60. The molecule has 1 heterocycles. The van der Waals surface area contributed by atoms with Gasteiger partial charge in [0, 0.05) is 38.7 Å². The maximum atomic E-state index is 5.40. The van der Waals surface area contributed by atoms with Gasteiger partial charge in [-0.2, -0.15) is 0 Å². The second-order valence-electron chi connectivity index (χ2n) is 3.88. The van der Waals surface area contributed by atoms with Crippen LogP contribution in [0.4, 0.5) is 0 Å². The van der Waals surface area contributed by atoms with Gasteiger partial charge >= 0.3 is 0 Å².